The monoisotopic (exact) mass is 348 g/mol. The molecule has 0 aliphatic rings. The number of halogens is 1. The third kappa shape index (κ3) is 3.03. The van der Waals surface area contributed by atoms with Crippen LogP contribution in [0.5, 0.6) is 5.75 Å². The van der Waals surface area contributed by atoms with Gasteiger partial charge in [0, 0.05) is 10.6 Å². The highest BCUT2D eigenvalue weighted by Gasteiger charge is 2.13. The molecule has 23 heavy (non-hydrogen) atoms. The number of hydrogen-bond donors (Lipinski definition) is 1. The van der Waals surface area contributed by atoms with Gasteiger partial charge >= 0.3 is 0 Å². The minimum Gasteiger partial charge on any atom is -0.496 e. The van der Waals surface area contributed by atoms with E-state index in [1.54, 1.807) is 31.4 Å². The maximum Gasteiger partial charge on any atom is 0.294 e. The largest absolute Gasteiger partial charge is 0.496 e. The molecule has 3 rings (SSSR count). The van der Waals surface area contributed by atoms with Crippen molar-refractivity contribution in [3.63, 3.8) is 0 Å². The Hall–Kier alpha value is -2.08. The number of rotatable bonds is 3. The number of methoxy groups -OCH3 is 1. The van der Waals surface area contributed by atoms with Crippen molar-refractivity contribution in [1.82, 2.24) is 0 Å². The molecule has 0 fully saturated rings. The third-order valence-corrected chi connectivity index (χ3v) is 4.69. The smallest absolute Gasteiger partial charge is 0.294 e. The zero-order valence-electron chi connectivity index (χ0n) is 12.2. The van der Waals surface area contributed by atoms with Gasteiger partial charge in [0.15, 0.2) is 0 Å². The lowest BCUT2D eigenvalue weighted by atomic mass is 9.97. The van der Waals surface area contributed by atoms with E-state index in [0.29, 0.717) is 16.2 Å². The highest BCUT2D eigenvalue weighted by atomic mass is 35.5. The van der Waals surface area contributed by atoms with Crippen molar-refractivity contribution in [2.75, 3.05) is 7.11 Å². The first-order valence-corrected chi connectivity index (χ1v) is 8.56. The Morgan fingerprint density at radius 1 is 1.00 bits per heavy atom. The van der Waals surface area contributed by atoms with E-state index < -0.39 is 10.1 Å². The number of hydrogen-bond acceptors (Lipinski definition) is 3. The number of benzene rings is 3. The summed E-state index contributed by atoms with van der Waals surface area (Å²) in [6.07, 6.45) is 0. The van der Waals surface area contributed by atoms with E-state index in [1.807, 2.05) is 18.2 Å². The normalized spacial score (nSPS) is 11.6. The summed E-state index contributed by atoms with van der Waals surface area (Å²) < 4.78 is 37.2. The summed E-state index contributed by atoms with van der Waals surface area (Å²) in [6, 6.07) is 15.4. The Morgan fingerprint density at radius 3 is 2.48 bits per heavy atom. The van der Waals surface area contributed by atoms with Crippen LogP contribution in [0.25, 0.3) is 21.9 Å². The fourth-order valence-corrected chi connectivity index (χ4v) is 3.22. The molecule has 0 bridgehead atoms. The Labute approximate surface area is 139 Å². The van der Waals surface area contributed by atoms with E-state index in [4.69, 9.17) is 16.3 Å². The van der Waals surface area contributed by atoms with E-state index in [-0.39, 0.29) is 4.90 Å². The van der Waals surface area contributed by atoms with Crippen molar-refractivity contribution in [3.8, 4) is 16.9 Å². The van der Waals surface area contributed by atoms with Gasteiger partial charge in [-0.3, -0.25) is 4.55 Å². The van der Waals surface area contributed by atoms with E-state index in [2.05, 4.69) is 0 Å². The van der Waals surface area contributed by atoms with Gasteiger partial charge in [0.05, 0.1) is 12.0 Å². The predicted octanol–water partition coefficient (Wildman–Crippen LogP) is 4.42. The fourth-order valence-electron chi connectivity index (χ4n) is 2.54. The molecule has 0 aromatic heterocycles. The first-order chi connectivity index (χ1) is 10.9. The van der Waals surface area contributed by atoms with Crippen LogP contribution in [0.2, 0.25) is 5.02 Å². The fraction of sp³-hybridized carbons (Fsp3) is 0.0588. The molecule has 0 spiro atoms. The van der Waals surface area contributed by atoms with Gasteiger partial charge in [0.2, 0.25) is 0 Å². The summed E-state index contributed by atoms with van der Waals surface area (Å²) in [6.45, 7) is 0. The van der Waals surface area contributed by atoms with Gasteiger partial charge in [-0.2, -0.15) is 8.42 Å². The van der Waals surface area contributed by atoms with Crippen LogP contribution in [-0.2, 0) is 10.1 Å². The zero-order chi connectivity index (χ0) is 16.6. The molecular formula is C17H13ClO4S. The van der Waals surface area contributed by atoms with Crippen LogP contribution >= 0.6 is 11.6 Å². The second-order valence-electron chi connectivity index (χ2n) is 5.01. The Balaban J connectivity index is 2.27. The van der Waals surface area contributed by atoms with Gasteiger partial charge in [-0.25, -0.2) is 0 Å². The summed E-state index contributed by atoms with van der Waals surface area (Å²) in [5.74, 6) is 0.629. The molecule has 0 aliphatic carbocycles. The van der Waals surface area contributed by atoms with Crippen LogP contribution < -0.4 is 4.74 Å². The summed E-state index contributed by atoms with van der Waals surface area (Å²) in [4.78, 5) is -0.134. The SMILES string of the molecule is COc1cc(Cl)ccc1-c1cccc2cc(S(=O)(=O)O)ccc12. The van der Waals surface area contributed by atoms with Crippen LogP contribution in [0, 0.1) is 0 Å². The van der Waals surface area contributed by atoms with Crippen molar-refractivity contribution < 1.29 is 17.7 Å². The van der Waals surface area contributed by atoms with Crippen LogP contribution in [0.4, 0.5) is 0 Å². The minimum absolute atomic E-state index is 0.134. The van der Waals surface area contributed by atoms with Gasteiger partial charge in [0.25, 0.3) is 10.1 Å². The van der Waals surface area contributed by atoms with Crippen LogP contribution in [0.1, 0.15) is 0 Å². The molecule has 3 aromatic rings. The molecule has 1 N–H and O–H groups in total. The predicted molar refractivity (Wildman–Crippen MR) is 90.8 cm³/mol. The summed E-state index contributed by atoms with van der Waals surface area (Å²) in [5, 5.41) is 2.12. The maximum atomic E-state index is 11.3. The molecule has 6 heteroatoms. The third-order valence-electron chi connectivity index (χ3n) is 3.60. The molecule has 0 amide bonds. The number of fused-ring (bicyclic) bond motifs is 1. The van der Waals surface area contributed by atoms with Crippen molar-refractivity contribution in [2.45, 2.75) is 4.90 Å². The quantitative estimate of drug-likeness (QED) is 0.712. The van der Waals surface area contributed by atoms with E-state index in [1.165, 1.54) is 12.1 Å². The molecule has 0 unspecified atom stereocenters. The second-order valence-corrected chi connectivity index (χ2v) is 6.87. The average molecular weight is 349 g/mol. The Morgan fingerprint density at radius 2 is 1.78 bits per heavy atom. The van der Waals surface area contributed by atoms with E-state index in [9.17, 15) is 13.0 Å². The summed E-state index contributed by atoms with van der Waals surface area (Å²) in [7, 11) is -2.67. The number of ether oxygens (including phenoxy) is 1. The lowest BCUT2D eigenvalue weighted by Gasteiger charge is -2.12. The molecule has 0 heterocycles. The van der Waals surface area contributed by atoms with Crippen molar-refractivity contribution in [1.29, 1.82) is 0 Å². The molecule has 0 radical (unpaired) electrons. The van der Waals surface area contributed by atoms with Crippen molar-refractivity contribution >= 4 is 32.5 Å². The molecular weight excluding hydrogens is 336 g/mol. The van der Waals surface area contributed by atoms with Crippen LogP contribution in [0.3, 0.4) is 0 Å². The molecule has 0 saturated heterocycles. The molecule has 118 valence electrons. The van der Waals surface area contributed by atoms with Gasteiger partial charge in [-0.05, 0) is 46.7 Å². The van der Waals surface area contributed by atoms with Crippen LogP contribution in [-0.4, -0.2) is 20.1 Å². The molecule has 0 aliphatic heterocycles. The summed E-state index contributed by atoms with van der Waals surface area (Å²) >= 11 is 6.00. The lowest BCUT2D eigenvalue weighted by molar-refractivity contribution is 0.416. The van der Waals surface area contributed by atoms with Crippen molar-refractivity contribution in [2.24, 2.45) is 0 Å². The topological polar surface area (TPSA) is 63.6 Å². The van der Waals surface area contributed by atoms with Gasteiger partial charge in [-0.1, -0.05) is 35.9 Å². The molecule has 0 saturated carbocycles. The van der Waals surface area contributed by atoms with Gasteiger partial charge in [0.1, 0.15) is 5.75 Å². The summed E-state index contributed by atoms with van der Waals surface area (Å²) in [5.41, 5.74) is 1.74. The van der Waals surface area contributed by atoms with Crippen molar-refractivity contribution in [3.05, 3.63) is 59.6 Å². The minimum atomic E-state index is -4.23. The maximum absolute atomic E-state index is 11.3. The zero-order valence-corrected chi connectivity index (χ0v) is 13.7. The van der Waals surface area contributed by atoms with E-state index >= 15 is 0 Å². The first kappa shape index (κ1) is 15.8. The lowest BCUT2D eigenvalue weighted by Crippen LogP contribution is -1.97. The Bertz CT molecular complexity index is 997. The highest BCUT2D eigenvalue weighted by Crippen LogP contribution is 2.37. The molecule has 3 aromatic carbocycles. The molecule has 4 nitrogen and oxygen atoms in total. The Kier molecular flexibility index (Phi) is 4.02. The first-order valence-electron chi connectivity index (χ1n) is 6.74. The van der Waals surface area contributed by atoms with Gasteiger partial charge < -0.3 is 4.74 Å². The standard InChI is InChI=1S/C17H13ClO4S/c1-22-17-10-12(18)5-7-16(17)15-4-2-3-11-9-13(23(19,20)21)6-8-14(11)15/h2-10H,1H3,(H,19,20,21). The van der Waals surface area contributed by atoms with Gasteiger partial charge in [-0.15, -0.1) is 0 Å². The highest BCUT2D eigenvalue weighted by molar-refractivity contribution is 7.85. The second kappa shape index (κ2) is 5.85. The molecule has 0 atom stereocenters. The van der Waals surface area contributed by atoms with E-state index in [0.717, 1.165) is 16.5 Å². The average Bonchev–Trinajstić information content (AvgIpc) is 2.53. The van der Waals surface area contributed by atoms with Crippen LogP contribution in [0.15, 0.2) is 59.5 Å².